The van der Waals surface area contributed by atoms with Gasteiger partial charge in [0.25, 0.3) is 0 Å². The van der Waals surface area contributed by atoms with Gasteiger partial charge in [-0.15, -0.1) is 0 Å². The number of rotatable bonds is 8. The van der Waals surface area contributed by atoms with Gasteiger partial charge in [-0.25, -0.2) is 9.07 Å². The van der Waals surface area contributed by atoms with Crippen LogP contribution < -0.4 is 0 Å². The van der Waals surface area contributed by atoms with Crippen molar-refractivity contribution in [1.82, 2.24) is 19.6 Å². The van der Waals surface area contributed by atoms with E-state index in [1.54, 1.807) is 12.3 Å². The highest BCUT2D eigenvalue weighted by Crippen LogP contribution is 2.29. The zero-order valence-corrected chi connectivity index (χ0v) is 19.2. The van der Waals surface area contributed by atoms with E-state index in [0.717, 1.165) is 56.4 Å². The van der Waals surface area contributed by atoms with Gasteiger partial charge in [0.2, 0.25) is 0 Å². The molecule has 6 heteroatoms. The molecule has 1 aromatic heterocycles. The minimum absolute atomic E-state index is 0.183. The van der Waals surface area contributed by atoms with E-state index in [9.17, 15) is 4.39 Å². The summed E-state index contributed by atoms with van der Waals surface area (Å²) >= 11 is 0. The van der Waals surface area contributed by atoms with Gasteiger partial charge >= 0.3 is 0 Å². The molecule has 1 atom stereocenters. The Labute approximate surface area is 191 Å². The summed E-state index contributed by atoms with van der Waals surface area (Å²) in [7, 11) is 0. The Hall–Kier alpha value is -1.76. The number of halogens is 1. The number of aromatic nitrogens is 2. The van der Waals surface area contributed by atoms with Crippen LogP contribution in [0.15, 0.2) is 36.7 Å². The van der Waals surface area contributed by atoms with E-state index in [2.05, 4.69) is 14.9 Å². The first-order chi connectivity index (χ1) is 15.7. The molecule has 0 radical (unpaired) electrons. The molecule has 2 aromatic rings. The topological polar surface area (TPSA) is 33.5 Å². The van der Waals surface area contributed by atoms with Crippen molar-refractivity contribution in [2.45, 2.75) is 70.1 Å². The predicted molar refractivity (Wildman–Crippen MR) is 124 cm³/mol. The van der Waals surface area contributed by atoms with Gasteiger partial charge < -0.3 is 9.64 Å². The minimum atomic E-state index is -0.183. The monoisotopic (exact) mass is 440 g/mol. The lowest BCUT2D eigenvalue weighted by Crippen LogP contribution is -2.43. The lowest BCUT2D eigenvalue weighted by molar-refractivity contribution is 0.0539. The average Bonchev–Trinajstić information content (AvgIpc) is 3.58. The first kappa shape index (κ1) is 22.1. The molecule has 2 saturated heterocycles. The summed E-state index contributed by atoms with van der Waals surface area (Å²) in [5, 5.41) is 4.39. The number of ether oxygens (including phenoxy) is 1. The maximum absolute atomic E-state index is 14.2. The molecule has 0 bridgehead atoms. The summed E-state index contributed by atoms with van der Waals surface area (Å²) in [5.41, 5.74) is 1.96. The highest BCUT2D eigenvalue weighted by Gasteiger charge is 2.29. The maximum Gasteiger partial charge on any atom is 0.123 e. The van der Waals surface area contributed by atoms with E-state index < -0.39 is 0 Å². The van der Waals surface area contributed by atoms with Crippen molar-refractivity contribution >= 4 is 0 Å². The number of piperidine rings is 1. The summed E-state index contributed by atoms with van der Waals surface area (Å²) in [6.45, 7) is 6.07. The molecule has 5 rings (SSSR count). The Balaban J connectivity index is 1.27. The lowest BCUT2D eigenvalue weighted by Gasteiger charge is -2.38. The molecule has 1 saturated carbocycles. The van der Waals surface area contributed by atoms with Crippen molar-refractivity contribution in [2.24, 2.45) is 5.92 Å². The molecular formula is C26H37FN4O. The SMILES string of the molecule is Fc1ccc(-n2cccn2)c(CN(CC2CCN(C3CCCC3)CC2)C[C@H]2CCCO2)c1. The molecule has 0 spiro atoms. The van der Waals surface area contributed by atoms with Gasteiger partial charge in [0.15, 0.2) is 0 Å². The van der Waals surface area contributed by atoms with Crippen molar-refractivity contribution in [1.29, 1.82) is 0 Å². The largest absolute Gasteiger partial charge is 0.377 e. The quantitative estimate of drug-likeness (QED) is 0.599. The third-order valence-corrected chi connectivity index (χ3v) is 7.68. The Kier molecular flexibility index (Phi) is 7.20. The third kappa shape index (κ3) is 5.41. The van der Waals surface area contributed by atoms with E-state index in [1.165, 1.54) is 57.7 Å². The second-order valence-corrected chi connectivity index (χ2v) is 9.97. The summed E-state index contributed by atoms with van der Waals surface area (Å²) in [6, 6.07) is 7.81. The summed E-state index contributed by atoms with van der Waals surface area (Å²) < 4.78 is 22.0. The summed E-state index contributed by atoms with van der Waals surface area (Å²) in [4.78, 5) is 5.27. The van der Waals surface area contributed by atoms with Crippen molar-refractivity contribution in [2.75, 3.05) is 32.8 Å². The van der Waals surface area contributed by atoms with Crippen LogP contribution in [-0.2, 0) is 11.3 Å². The van der Waals surface area contributed by atoms with Crippen molar-refractivity contribution in [3.05, 3.63) is 48.0 Å². The van der Waals surface area contributed by atoms with Crippen molar-refractivity contribution < 1.29 is 9.13 Å². The number of benzene rings is 1. The third-order valence-electron chi connectivity index (χ3n) is 7.68. The van der Waals surface area contributed by atoms with Crippen LogP contribution in [0.2, 0.25) is 0 Å². The van der Waals surface area contributed by atoms with Gasteiger partial charge in [-0.05, 0) is 87.4 Å². The second kappa shape index (κ2) is 10.4. The van der Waals surface area contributed by atoms with Gasteiger partial charge in [0.05, 0.1) is 11.8 Å². The Morgan fingerprint density at radius 1 is 1.03 bits per heavy atom. The fraction of sp³-hybridized carbons (Fsp3) is 0.654. The molecule has 3 aliphatic rings. The number of hydrogen-bond donors (Lipinski definition) is 0. The van der Waals surface area contributed by atoms with Crippen molar-refractivity contribution in [3.8, 4) is 5.69 Å². The molecule has 0 unspecified atom stereocenters. The van der Waals surface area contributed by atoms with Crippen LogP contribution in [0, 0.1) is 11.7 Å². The van der Waals surface area contributed by atoms with Gasteiger partial charge in [0, 0.05) is 44.7 Å². The molecule has 1 aromatic carbocycles. The minimum Gasteiger partial charge on any atom is -0.377 e. The lowest BCUT2D eigenvalue weighted by atomic mass is 9.94. The van der Waals surface area contributed by atoms with E-state index in [0.29, 0.717) is 12.0 Å². The molecule has 5 nitrogen and oxygen atoms in total. The van der Waals surface area contributed by atoms with Gasteiger partial charge in [-0.2, -0.15) is 5.10 Å². The Bertz CT molecular complexity index is 838. The average molecular weight is 441 g/mol. The second-order valence-electron chi connectivity index (χ2n) is 9.97. The fourth-order valence-electron chi connectivity index (χ4n) is 5.97. The van der Waals surface area contributed by atoms with Crippen LogP contribution >= 0.6 is 0 Å². The van der Waals surface area contributed by atoms with Crippen LogP contribution in [0.4, 0.5) is 4.39 Å². The van der Waals surface area contributed by atoms with Crippen LogP contribution in [0.5, 0.6) is 0 Å². The van der Waals surface area contributed by atoms with Gasteiger partial charge in [0.1, 0.15) is 5.82 Å². The molecule has 0 amide bonds. The normalized spacial score (nSPS) is 23.5. The summed E-state index contributed by atoms with van der Waals surface area (Å²) in [6.07, 6.45) is 14.4. The molecular weight excluding hydrogens is 403 g/mol. The number of likely N-dealkylation sites (tertiary alicyclic amines) is 1. The first-order valence-electron chi connectivity index (χ1n) is 12.6. The molecule has 0 N–H and O–H groups in total. The smallest absolute Gasteiger partial charge is 0.123 e. The molecule has 174 valence electrons. The van der Waals surface area contributed by atoms with E-state index in [-0.39, 0.29) is 5.82 Å². The van der Waals surface area contributed by atoms with Gasteiger partial charge in [-0.1, -0.05) is 12.8 Å². The van der Waals surface area contributed by atoms with Crippen LogP contribution in [-0.4, -0.2) is 64.5 Å². The Morgan fingerprint density at radius 2 is 1.88 bits per heavy atom. The summed E-state index contributed by atoms with van der Waals surface area (Å²) in [5.74, 6) is 0.522. The fourth-order valence-corrected chi connectivity index (χ4v) is 5.97. The number of nitrogens with zero attached hydrogens (tertiary/aromatic N) is 4. The standard InChI is InChI=1S/C26H37FN4O/c27-23-8-9-26(31-13-4-12-28-31)22(17-23)19-29(20-25-7-3-16-32-25)18-21-10-14-30(15-11-21)24-5-1-2-6-24/h4,8-9,12-13,17,21,24-25H,1-3,5-7,10-11,14-16,18-20H2/t25-/m1/s1. The highest BCUT2D eigenvalue weighted by atomic mass is 19.1. The van der Waals surface area contributed by atoms with E-state index in [1.807, 2.05) is 23.0 Å². The molecule has 1 aliphatic carbocycles. The first-order valence-corrected chi connectivity index (χ1v) is 12.6. The molecule has 2 aliphatic heterocycles. The van der Waals surface area contributed by atoms with Crippen LogP contribution in [0.25, 0.3) is 5.69 Å². The zero-order chi connectivity index (χ0) is 21.8. The predicted octanol–water partition coefficient (Wildman–Crippen LogP) is 4.65. The maximum atomic E-state index is 14.2. The van der Waals surface area contributed by atoms with Gasteiger partial charge in [-0.3, -0.25) is 4.90 Å². The zero-order valence-electron chi connectivity index (χ0n) is 19.2. The van der Waals surface area contributed by atoms with E-state index in [4.69, 9.17) is 4.74 Å². The molecule has 3 fully saturated rings. The Morgan fingerprint density at radius 3 is 2.59 bits per heavy atom. The van der Waals surface area contributed by atoms with Crippen LogP contribution in [0.3, 0.4) is 0 Å². The molecule has 3 heterocycles. The van der Waals surface area contributed by atoms with E-state index >= 15 is 0 Å². The molecule has 32 heavy (non-hydrogen) atoms. The van der Waals surface area contributed by atoms with Crippen molar-refractivity contribution in [3.63, 3.8) is 0 Å². The highest BCUT2D eigenvalue weighted by molar-refractivity contribution is 5.40. The number of hydrogen-bond acceptors (Lipinski definition) is 4. The van der Waals surface area contributed by atoms with Crippen LogP contribution in [0.1, 0.15) is 56.9 Å².